The van der Waals surface area contributed by atoms with Crippen molar-refractivity contribution in [1.29, 1.82) is 0 Å². The molecule has 2 rings (SSSR count). The number of alkyl halides is 1. The van der Waals surface area contributed by atoms with Crippen LogP contribution in [0.4, 0.5) is 5.69 Å². The first kappa shape index (κ1) is 11.0. The Kier molecular flexibility index (Phi) is 3.06. The van der Waals surface area contributed by atoms with Gasteiger partial charge in [0.1, 0.15) is 0 Å². The van der Waals surface area contributed by atoms with E-state index in [2.05, 4.69) is 58.9 Å². The summed E-state index contributed by atoms with van der Waals surface area (Å²) in [5.74, 6) is 0. The van der Waals surface area contributed by atoms with Gasteiger partial charge in [0, 0.05) is 23.1 Å². The maximum atomic E-state index is 3.57. The van der Waals surface area contributed by atoms with Gasteiger partial charge in [-0.1, -0.05) is 34.1 Å². The van der Waals surface area contributed by atoms with Crippen LogP contribution >= 0.6 is 15.9 Å². The average Bonchev–Trinajstić information content (AvgIpc) is 2.58. The first-order valence-corrected chi connectivity index (χ1v) is 6.69. The highest BCUT2D eigenvalue weighted by atomic mass is 79.9. The molecule has 0 aliphatic carbocycles. The fourth-order valence-corrected chi connectivity index (χ4v) is 2.92. The van der Waals surface area contributed by atoms with E-state index in [1.54, 1.807) is 0 Å². The van der Waals surface area contributed by atoms with Gasteiger partial charge in [-0.25, -0.2) is 0 Å². The van der Waals surface area contributed by atoms with E-state index in [1.807, 2.05) is 0 Å². The van der Waals surface area contributed by atoms with Crippen LogP contribution in [-0.2, 0) is 5.33 Å². The molecule has 0 bridgehead atoms. The summed E-state index contributed by atoms with van der Waals surface area (Å²) in [5, 5.41) is 0.940. The molecule has 1 aromatic rings. The lowest BCUT2D eigenvalue weighted by Gasteiger charge is -2.35. The normalized spacial score (nSPS) is 19.5. The number of halogens is 1. The van der Waals surface area contributed by atoms with Gasteiger partial charge in [0.25, 0.3) is 0 Å². The number of para-hydroxylation sites is 1. The van der Waals surface area contributed by atoms with Crippen molar-refractivity contribution in [1.82, 2.24) is 0 Å². The van der Waals surface area contributed by atoms with Gasteiger partial charge < -0.3 is 4.90 Å². The Morgan fingerprint density at radius 3 is 2.67 bits per heavy atom. The lowest BCUT2D eigenvalue weighted by Crippen LogP contribution is -2.38. The maximum Gasteiger partial charge on any atom is 0.0411 e. The number of hydrogen-bond donors (Lipinski definition) is 0. The molecule has 1 aliphatic rings. The van der Waals surface area contributed by atoms with Crippen LogP contribution in [0.15, 0.2) is 24.3 Å². The molecule has 0 aromatic heterocycles. The van der Waals surface area contributed by atoms with Gasteiger partial charge in [-0.05, 0) is 38.3 Å². The summed E-state index contributed by atoms with van der Waals surface area (Å²) in [6.45, 7) is 5.87. The van der Waals surface area contributed by atoms with E-state index in [-0.39, 0.29) is 0 Å². The molecule has 0 radical (unpaired) electrons. The van der Waals surface area contributed by atoms with E-state index in [0.717, 1.165) is 5.33 Å². The maximum absolute atomic E-state index is 3.57. The molecule has 1 aromatic carbocycles. The molecule has 0 amide bonds. The Hall–Kier alpha value is -0.500. The Morgan fingerprint density at radius 1 is 1.33 bits per heavy atom. The molecule has 1 nitrogen and oxygen atoms in total. The predicted molar refractivity (Wildman–Crippen MR) is 69.7 cm³/mol. The topological polar surface area (TPSA) is 3.24 Å². The molecule has 0 atom stereocenters. The van der Waals surface area contributed by atoms with Crippen molar-refractivity contribution in [2.24, 2.45) is 0 Å². The number of benzene rings is 1. The summed E-state index contributed by atoms with van der Waals surface area (Å²) in [4.78, 5) is 2.55. The number of rotatable bonds is 2. The van der Waals surface area contributed by atoms with Crippen LogP contribution in [0, 0.1) is 0 Å². The molecule has 1 fully saturated rings. The highest BCUT2D eigenvalue weighted by molar-refractivity contribution is 9.08. The SMILES string of the molecule is CC1(C)CCCN1c1ccccc1CBr. The van der Waals surface area contributed by atoms with Crippen molar-refractivity contribution in [3.8, 4) is 0 Å². The lowest BCUT2D eigenvalue weighted by atomic mass is 10.0. The average molecular weight is 268 g/mol. The molecule has 0 saturated carbocycles. The summed E-state index contributed by atoms with van der Waals surface area (Å²) < 4.78 is 0. The summed E-state index contributed by atoms with van der Waals surface area (Å²) in [6, 6.07) is 8.70. The Labute approximate surface area is 101 Å². The number of hydrogen-bond acceptors (Lipinski definition) is 1. The van der Waals surface area contributed by atoms with Crippen LogP contribution in [0.1, 0.15) is 32.3 Å². The standard InChI is InChI=1S/C13H18BrN/c1-13(2)8-5-9-15(13)12-7-4-3-6-11(12)10-14/h3-4,6-7H,5,8-10H2,1-2H3. The fourth-order valence-electron chi connectivity index (χ4n) is 2.44. The lowest BCUT2D eigenvalue weighted by molar-refractivity contribution is 0.517. The largest absolute Gasteiger partial charge is 0.366 e. The zero-order valence-corrected chi connectivity index (χ0v) is 11.0. The van der Waals surface area contributed by atoms with Crippen molar-refractivity contribution < 1.29 is 0 Å². The third-order valence-electron chi connectivity index (χ3n) is 3.33. The van der Waals surface area contributed by atoms with E-state index >= 15 is 0 Å². The van der Waals surface area contributed by atoms with Gasteiger partial charge in [-0.2, -0.15) is 0 Å². The minimum Gasteiger partial charge on any atom is -0.366 e. The molecule has 0 unspecified atom stereocenters. The van der Waals surface area contributed by atoms with Gasteiger partial charge in [0.15, 0.2) is 0 Å². The van der Waals surface area contributed by atoms with Crippen LogP contribution in [0.2, 0.25) is 0 Å². The van der Waals surface area contributed by atoms with Crippen LogP contribution in [0.25, 0.3) is 0 Å². The molecule has 0 N–H and O–H groups in total. The Bertz CT molecular complexity index is 346. The van der Waals surface area contributed by atoms with Gasteiger partial charge >= 0.3 is 0 Å². The van der Waals surface area contributed by atoms with Crippen LogP contribution in [0.3, 0.4) is 0 Å². The molecule has 1 aliphatic heterocycles. The van der Waals surface area contributed by atoms with Gasteiger partial charge in [-0.15, -0.1) is 0 Å². The molecular formula is C13H18BrN. The minimum absolute atomic E-state index is 0.318. The molecule has 1 heterocycles. The van der Waals surface area contributed by atoms with Crippen LogP contribution in [-0.4, -0.2) is 12.1 Å². The third-order valence-corrected chi connectivity index (χ3v) is 3.93. The zero-order valence-electron chi connectivity index (χ0n) is 9.46. The first-order chi connectivity index (χ1) is 7.15. The summed E-state index contributed by atoms with van der Waals surface area (Å²) >= 11 is 3.57. The fraction of sp³-hybridized carbons (Fsp3) is 0.538. The third kappa shape index (κ3) is 2.05. The quantitative estimate of drug-likeness (QED) is 0.734. The smallest absolute Gasteiger partial charge is 0.0411 e. The summed E-state index contributed by atoms with van der Waals surface area (Å²) in [6.07, 6.45) is 2.60. The van der Waals surface area contributed by atoms with E-state index in [4.69, 9.17) is 0 Å². The number of anilines is 1. The van der Waals surface area contributed by atoms with Crippen molar-refractivity contribution in [3.05, 3.63) is 29.8 Å². The van der Waals surface area contributed by atoms with Crippen molar-refractivity contribution in [3.63, 3.8) is 0 Å². The second-order valence-electron chi connectivity index (χ2n) is 4.83. The molecular weight excluding hydrogens is 250 g/mol. The second-order valence-corrected chi connectivity index (χ2v) is 5.39. The van der Waals surface area contributed by atoms with Gasteiger partial charge in [-0.3, -0.25) is 0 Å². The Balaban J connectivity index is 2.36. The summed E-state index contributed by atoms with van der Waals surface area (Å²) in [7, 11) is 0. The van der Waals surface area contributed by atoms with Crippen molar-refractivity contribution in [2.75, 3.05) is 11.4 Å². The predicted octanol–water partition coefficient (Wildman–Crippen LogP) is 3.96. The zero-order chi connectivity index (χ0) is 10.9. The molecule has 82 valence electrons. The molecule has 1 saturated heterocycles. The van der Waals surface area contributed by atoms with Crippen LogP contribution < -0.4 is 4.90 Å². The molecule has 0 spiro atoms. The highest BCUT2D eigenvalue weighted by Gasteiger charge is 2.32. The van der Waals surface area contributed by atoms with E-state index in [9.17, 15) is 0 Å². The Morgan fingerprint density at radius 2 is 2.07 bits per heavy atom. The van der Waals surface area contributed by atoms with E-state index < -0.39 is 0 Å². The monoisotopic (exact) mass is 267 g/mol. The van der Waals surface area contributed by atoms with E-state index in [1.165, 1.54) is 30.6 Å². The number of nitrogens with zero attached hydrogens (tertiary/aromatic N) is 1. The van der Waals surface area contributed by atoms with Gasteiger partial charge in [0.2, 0.25) is 0 Å². The second kappa shape index (κ2) is 4.17. The first-order valence-electron chi connectivity index (χ1n) is 5.57. The van der Waals surface area contributed by atoms with Crippen LogP contribution in [0.5, 0.6) is 0 Å². The minimum atomic E-state index is 0.318. The molecule has 15 heavy (non-hydrogen) atoms. The summed E-state index contributed by atoms with van der Waals surface area (Å²) in [5.41, 5.74) is 3.11. The molecule has 2 heteroatoms. The van der Waals surface area contributed by atoms with E-state index in [0.29, 0.717) is 5.54 Å². The highest BCUT2D eigenvalue weighted by Crippen LogP contribution is 2.35. The van der Waals surface area contributed by atoms with Crippen molar-refractivity contribution >= 4 is 21.6 Å². The van der Waals surface area contributed by atoms with Gasteiger partial charge in [0.05, 0.1) is 0 Å². The van der Waals surface area contributed by atoms with Crippen molar-refractivity contribution in [2.45, 2.75) is 37.6 Å².